The minimum absolute atomic E-state index is 0.201. The molecular weight excluding hydrogens is 464 g/mol. The molecule has 0 aliphatic carbocycles. The van der Waals surface area contributed by atoms with Crippen molar-refractivity contribution < 1.29 is 13.2 Å². The highest BCUT2D eigenvalue weighted by Gasteiger charge is 2.39. The van der Waals surface area contributed by atoms with E-state index >= 15 is 0 Å². The van der Waals surface area contributed by atoms with Crippen LogP contribution in [0.15, 0.2) is 53.7 Å². The van der Waals surface area contributed by atoms with Gasteiger partial charge in [-0.2, -0.15) is 8.42 Å². The molecule has 9 nitrogen and oxygen atoms in total. The summed E-state index contributed by atoms with van der Waals surface area (Å²) in [5.41, 5.74) is 1.84. The maximum Gasteiger partial charge on any atom is 0.281 e. The maximum atomic E-state index is 13.1. The van der Waals surface area contributed by atoms with Crippen LogP contribution in [0.25, 0.3) is 0 Å². The van der Waals surface area contributed by atoms with Gasteiger partial charge < -0.3 is 10.2 Å². The molecule has 0 radical (unpaired) electrons. The van der Waals surface area contributed by atoms with Gasteiger partial charge in [0.15, 0.2) is 5.03 Å². The van der Waals surface area contributed by atoms with Crippen LogP contribution < -0.4 is 14.9 Å². The van der Waals surface area contributed by atoms with Crippen LogP contribution in [0.3, 0.4) is 0 Å². The van der Waals surface area contributed by atoms with E-state index in [0.29, 0.717) is 23.4 Å². The summed E-state index contributed by atoms with van der Waals surface area (Å²) in [4.78, 5) is 28.2. The third-order valence-corrected chi connectivity index (χ3v) is 7.17. The van der Waals surface area contributed by atoms with E-state index in [-0.39, 0.29) is 16.1 Å². The van der Waals surface area contributed by atoms with E-state index in [9.17, 15) is 13.2 Å². The van der Waals surface area contributed by atoms with Gasteiger partial charge in [0, 0.05) is 24.0 Å². The molecule has 0 aromatic carbocycles. The molecular formula is C25H30N6O3S. The SMILES string of the molecule is Cc1cc(C)nc(Nc2cccc(S(=O)(=O)NC(=O)c3cccnc3N3CC(C)CC3(C)C)n2)c1. The van der Waals surface area contributed by atoms with Gasteiger partial charge in [-0.15, -0.1) is 0 Å². The summed E-state index contributed by atoms with van der Waals surface area (Å²) >= 11 is 0. The van der Waals surface area contributed by atoms with Crippen molar-refractivity contribution in [3.63, 3.8) is 0 Å². The molecule has 2 N–H and O–H groups in total. The fraction of sp³-hybridized carbons (Fsp3) is 0.360. The van der Waals surface area contributed by atoms with E-state index in [1.54, 1.807) is 30.5 Å². The van der Waals surface area contributed by atoms with Gasteiger partial charge in [-0.1, -0.05) is 13.0 Å². The lowest BCUT2D eigenvalue weighted by Crippen LogP contribution is -2.41. The van der Waals surface area contributed by atoms with Crippen LogP contribution in [-0.2, 0) is 10.0 Å². The molecule has 1 amide bonds. The Morgan fingerprint density at radius 1 is 1.09 bits per heavy atom. The summed E-state index contributed by atoms with van der Waals surface area (Å²) in [7, 11) is -4.24. The molecule has 1 atom stereocenters. The first-order valence-electron chi connectivity index (χ1n) is 11.4. The van der Waals surface area contributed by atoms with Crippen molar-refractivity contribution in [2.45, 2.75) is 51.6 Å². The van der Waals surface area contributed by atoms with Crippen molar-refractivity contribution in [3.8, 4) is 0 Å². The van der Waals surface area contributed by atoms with E-state index < -0.39 is 15.9 Å². The largest absolute Gasteiger partial charge is 0.351 e. The third kappa shape index (κ3) is 5.43. The third-order valence-electron chi connectivity index (χ3n) is 5.94. The Hall–Kier alpha value is -3.53. The molecule has 35 heavy (non-hydrogen) atoms. The lowest BCUT2D eigenvalue weighted by atomic mass is 9.97. The number of amides is 1. The number of sulfonamides is 1. The molecule has 10 heteroatoms. The van der Waals surface area contributed by atoms with Gasteiger partial charge >= 0.3 is 0 Å². The number of hydrogen-bond acceptors (Lipinski definition) is 8. The summed E-state index contributed by atoms with van der Waals surface area (Å²) in [5.74, 6) is 1.000. The monoisotopic (exact) mass is 494 g/mol. The zero-order chi connectivity index (χ0) is 25.4. The van der Waals surface area contributed by atoms with Crippen LogP contribution in [0.5, 0.6) is 0 Å². The Labute approximate surface area is 206 Å². The predicted octanol–water partition coefficient (Wildman–Crippen LogP) is 3.98. The minimum Gasteiger partial charge on any atom is -0.351 e. The first-order chi connectivity index (χ1) is 16.4. The van der Waals surface area contributed by atoms with Crippen LogP contribution in [0.1, 0.15) is 48.8 Å². The zero-order valence-corrected chi connectivity index (χ0v) is 21.3. The first-order valence-corrected chi connectivity index (χ1v) is 12.9. The molecule has 1 unspecified atom stereocenters. The summed E-state index contributed by atoms with van der Waals surface area (Å²) < 4.78 is 28.3. The van der Waals surface area contributed by atoms with Crippen LogP contribution in [0.4, 0.5) is 17.5 Å². The van der Waals surface area contributed by atoms with Crippen LogP contribution in [0, 0.1) is 19.8 Å². The molecule has 1 saturated heterocycles. The highest BCUT2D eigenvalue weighted by Crippen LogP contribution is 2.37. The van der Waals surface area contributed by atoms with Crippen molar-refractivity contribution in [3.05, 3.63) is 65.5 Å². The minimum atomic E-state index is -4.24. The molecule has 3 aromatic heterocycles. The molecule has 1 aliphatic rings. The Morgan fingerprint density at radius 2 is 1.86 bits per heavy atom. The van der Waals surface area contributed by atoms with E-state index in [0.717, 1.165) is 24.2 Å². The number of carbonyl (C=O) groups is 1. The van der Waals surface area contributed by atoms with Crippen molar-refractivity contribution in [1.29, 1.82) is 0 Å². The number of hydrogen-bond donors (Lipinski definition) is 2. The average molecular weight is 495 g/mol. The quantitative estimate of drug-likeness (QED) is 0.529. The first kappa shape index (κ1) is 24.6. The van der Waals surface area contributed by atoms with Gasteiger partial charge in [0.25, 0.3) is 15.9 Å². The van der Waals surface area contributed by atoms with Gasteiger partial charge in [-0.05, 0) is 82.0 Å². The van der Waals surface area contributed by atoms with E-state index in [1.807, 2.05) is 26.0 Å². The number of nitrogens with one attached hydrogen (secondary N) is 2. The fourth-order valence-corrected chi connectivity index (χ4v) is 5.58. The number of pyridine rings is 3. The van der Waals surface area contributed by atoms with Crippen molar-refractivity contribution in [1.82, 2.24) is 19.7 Å². The number of aromatic nitrogens is 3. The van der Waals surface area contributed by atoms with Crippen molar-refractivity contribution in [2.24, 2.45) is 5.92 Å². The van der Waals surface area contributed by atoms with Crippen LogP contribution in [0.2, 0.25) is 0 Å². The summed E-state index contributed by atoms with van der Waals surface area (Å²) in [6.45, 7) is 10.9. The molecule has 1 fully saturated rings. The number of anilines is 3. The van der Waals surface area contributed by atoms with E-state index in [4.69, 9.17) is 0 Å². The van der Waals surface area contributed by atoms with Gasteiger partial charge in [-0.3, -0.25) is 4.79 Å². The lowest BCUT2D eigenvalue weighted by molar-refractivity contribution is 0.0981. The van der Waals surface area contributed by atoms with Crippen LogP contribution >= 0.6 is 0 Å². The molecule has 0 spiro atoms. The summed E-state index contributed by atoms with van der Waals surface area (Å²) in [5, 5.41) is 2.75. The smallest absolute Gasteiger partial charge is 0.281 e. The number of carbonyl (C=O) groups excluding carboxylic acids is 1. The van der Waals surface area contributed by atoms with Gasteiger partial charge in [0.2, 0.25) is 0 Å². The molecule has 0 bridgehead atoms. The maximum absolute atomic E-state index is 13.1. The number of nitrogens with zero attached hydrogens (tertiary/aromatic N) is 4. The second kappa shape index (κ2) is 9.26. The number of rotatable bonds is 6. The standard InChI is InChI=1S/C25H30N6O3S/c1-16-12-18(3)27-21(13-16)28-20-9-6-10-22(29-20)35(33,34)30-24(32)19-8-7-11-26-23(19)31-15-17(2)14-25(31,4)5/h6-13,17H,14-15H2,1-5H3,(H,30,32)(H,27,28,29). The zero-order valence-electron chi connectivity index (χ0n) is 20.5. The lowest BCUT2D eigenvalue weighted by Gasteiger charge is -2.33. The Bertz CT molecular complexity index is 1350. The highest BCUT2D eigenvalue weighted by molar-refractivity contribution is 7.90. The van der Waals surface area contributed by atoms with Crippen LogP contribution in [-0.4, -0.2) is 41.4 Å². The Balaban J connectivity index is 1.58. The second-order valence-corrected chi connectivity index (χ2v) is 11.3. The fourth-order valence-electron chi connectivity index (χ4n) is 4.65. The van der Waals surface area contributed by atoms with E-state index in [1.165, 1.54) is 6.07 Å². The molecule has 184 valence electrons. The van der Waals surface area contributed by atoms with E-state index in [2.05, 4.69) is 50.7 Å². The normalized spacial score (nSPS) is 17.3. The Morgan fingerprint density at radius 3 is 2.54 bits per heavy atom. The van der Waals surface area contributed by atoms with Gasteiger partial charge in [0.05, 0.1) is 5.56 Å². The van der Waals surface area contributed by atoms with Crippen molar-refractivity contribution >= 4 is 33.4 Å². The summed E-state index contributed by atoms with van der Waals surface area (Å²) in [6.07, 6.45) is 2.55. The highest BCUT2D eigenvalue weighted by atomic mass is 32.2. The molecule has 3 aromatic rings. The Kier molecular flexibility index (Phi) is 6.50. The number of aryl methyl sites for hydroxylation is 2. The van der Waals surface area contributed by atoms with Gasteiger partial charge in [0.1, 0.15) is 17.5 Å². The van der Waals surface area contributed by atoms with Crippen molar-refractivity contribution in [2.75, 3.05) is 16.8 Å². The predicted molar refractivity (Wildman–Crippen MR) is 135 cm³/mol. The molecule has 4 rings (SSSR count). The molecule has 4 heterocycles. The average Bonchev–Trinajstić information content (AvgIpc) is 3.04. The summed E-state index contributed by atoms with van der Waals surface area (Å²) in [6, 6.07) is 11.5. The second-order valence-electron chi connectivity index (χ2n) is 9.70. The topological polar surface area (TPSA) is 117 Å². The molecule has 1 aliphatic heterocycles. The molecule has 0 saturated carbocycles. The van der Waals surface area contributed by atoms with Gasteiger partial charge in [-0.25, -0.2) is 19.7 Å².